The number of benzene rings is 1. The summed E-state index contributed by atoms with van der Waals surface area (Å²) in [5.41, 5.74) is 6.14. The van der Waals surface area contributed by atoms with Crippen LogP contribution in [-0.2, 0) is 0 Å². The Hall–Kier alpha value is -1.26. The van der Waals surface area contributed by atoms with E-state index in [1.54, 1.807) is 0 Å². The molecular formula is C14H21NO3. The topological polar surface area (TPSA) is 64.7 Å². The molecule has 4 heteroatoms. The Balaban J connectivity index is 2.28. The van der Waals surface area contributed by atoms with Crippen LogP contribution < -0.4 is 15.2 Å². The van der Waals surface area contributed by atoms with E-state index in [2.05, 4.69) is 0 Å². The molecule has 1 aliphatic rings. The molecule has 1 unspecified atom stereocenters. The van der Waals surface area contributed by atoms with Crippen LogP contribution in [0.2, 0.25) is 0 Å². The van der Waals surface area contributed by atoms with E-state index in [1.807, 2.05) is 32.0 Å². The van der Waals surface area contributed by atoms with Crippen LogP contribution in [0, 0.1) is 5.41 Å². The Morgan fingerprint density at radius 1 is 1.28 bits per heavy atom. The summed E-state index contributed by atoms with van der Waals surface area (Å²) in [4.78, 5) is 0. The zero-order valence-electron chi connectivity index (χ0n) is 11.0. The summed E-state index contributed by atoms with van der Waals surface area (Å²) in [5, 5.41) is 10.3. The van der Waals surface area contributed by atoms with Gasteiger partial charge < -0.3 is 20.3 Å². The molecule has 0 fully saturated rings. The first kappa shape index (κ1) is 13.2. The fraction of sp³-hybridized carbons (Fsp3) is 0.571. The van der Waals surface area contributed by atoms with Gasteiger partial charge in [0.2, 0.25) is 0 Å². The Bertz CT molecular complexity index is 418. The van der Waals surface area contributed by atoms with Crippen LogP contribution in [0.25, 0.3) is 0 Å². The number of rotatable bonds is 3. The van der Waals surface area contributed by atoms with Gasteiger partial charge in [-0.25, -0.2) is 0 Å². The third kappa shape index (κ3) is 2.60. The molecule has 3 N–H and O–H groups in total. The van der Waals surface area contributed by atoms with Crippen molar-refractivity contribution in [2.75, 3.05) is 19.8 Å². The minimum absolute atomic E-state index is 0.361. The third-order valence-electron chi connectivity index (χ3n) is 3.35. The van der Waals surface area contributed by atoms with Crippen molar-refractivity contribution in [3.8, 4) is 11.5 Å². The standard InChI is InChI=1S/C14H21NO3/c1-14(2,9-15)13(16)10-4-5-11-12(8-10)18-7-3-6-17-11/h4-5,8,13,16H,3,6-7,9,15H2,1-2H3. The number of fused-ring (bicyclic) bond motifs is 1. The van der Waals surface area contributed by atoms with E-state index in [4.69, 9.17) is 15.2 Å². The highest BCUT2D eigenvalue weighted by Crippen LogP contribution is 2.37. The van der Waals surface area contributed by atoms with E-state index < -0.39 is 6.10 Å². The fourth-order valence-corrected chi connectivity index (χ4v) is 1.91. The van der Waals surface area contributed by atoms with Gasteiger partial charge >= 0.3 is 0 Å². The average molecular weight is 251 g/mol. The first-order chi connectivity index (χ1) is 8.54. The van der Waals surface area contributed by atoms with Gasteiger partial charge in [0.15, 0.2) is 11.5 Å². The SMILES string of the molecule is CC(C)(CN)C(O)c1ccc2c(c1)OCCCO2. The van der Waals surface area contributed by atoms with Crippen LogP contribution in [0.1, 0.15) is 31.9 Å². The number of ether oxygens (including phenoxy) is 2. The Labute approximate surface area is 108 Å². The predicted molar refractivity (Wildman–Crippen MR) is 69.8 cm³/mol. The molecule has 0 spiro atoms. The second-order valence-electron chi connectivity index (χ2n) is 5.35. The molecule has 0 saturated carbocycles. The molecule has 0 bridgehead atoms. The molecule has 0 aromatic heterocycles. The van der Waals surface area contributed by atoms with Crippen molar-refractivity contribution >= 4 is 0 Å². The lowest BCUT2D eigenvalue weighted by Crippen LogP contribution is -2.30. The summed E-state index contributed by atoms with van der Waals surface area (Å²) in [6, 6.07) is 5.57. The average Bonchev–Trinajstić information content (AvgIpc) is 2.62. The highest BCUT2D eigenvalue weighted by atomic mass is 16.5. The monoisotopic (exact) mass is 251 g/mol. The van der Waals surface area contributed by atoms with Crippen molar-refractivity contribution in [3.05, 3.63) is 23.8 Å². The number of aliphatic hydroxyl groups is 1. The molecule has 4 nitrogen and oxygen atoms in total. The highest BCUT2D eigenvalue weighted by Gasteiger charge is 2.28. The predicted octanol–water partition coefficient (Wildman–Crippen LogP) is 1.87. The highest BCUT2D eigenvalue weighted by molar-refractivity contribution is 5.44. The molecule has 0 saturated heterocycles. The smallest absolute Gasteiger partial charge is 0.161 e. The van der Waals surface area contributed by atoms with Crippen LogP contribution in [0.5, 0.6) is 11.5 Å². The van der Waals surface area contributed by atoms with E-state index in [1.165, 1.54) is 0 Å². The van der Waals surface area contributed by atoms with Crippen molar-refractivity contribution in [1.29, 1.82) is 0 Å². The van der Waals surface area contributed by atoms with Crippen LogP contribution in [0.3, 0.4) is 0 Å². The maximum absolute atomic E-state index is 10.3. The lowest BCUT2D eigenvalue weighted by molar-refractivity contribution is 0.0553. The van der Waals surface area contributed by atoms with E-state index in [0.717, 1.165) is 17.7 Å². The van der Waals surface area contributed by atoms with Crippen LogP contribution >= 0.6 is 0 Å². The molecular weight excluding hydrogens is 230 g/mol. The molecule has 1 aromatic rings. The van der Waals surface area contributed by atoms with Crippen molar-refractivity contribution in [2.24, 2.45) is 11.1 Å². The Morgan fingerprint density at radius 3 is 2.61 bits per heavy atom. The van der Waals surface area contributed by atoms with Crippen molar-refractivity contribution < 1.29 is 14.6 Å². The summed E-state index contributed by atoms with van der Waals surface area (Å²) in [5.74, 6) is 1.45. The Kier molecular flexibility index (Phi) is 3.78. The maximum Gasteiger partial charge on any atom is 0.161 e. The molecule has 2 rings (SSSR count). The van der Waals surface area contributed by atoms with Crippen molar-refractivity contribution in [2.45, 2.75) is 26.4 Å². The molecule has 0 aliphatic carbocycles. The molecule has 1 atom stereocenters. The second kappa shape index (κ2) is 5.16. The zero-order chi connectivity index (χ0) is 13.2. The quantitative estimate of drug-likeness (QED) is 0.860. The lowest BCUT2D eigenvalue weighted by Gasteiger charge is -2.29. The molecule has 100 valence electrons. The van der Waals surface area contributed by atoms with Gasteiger partial charge in [-0.3, -0.25) is 0 Å². The number of aliphatic hydroxyl groups excluding tert-OH is 1. The van der Waals surface area contributed by atoms with E-state index in [-0.39, 0.29) is 5.41 Å². The van der Waals surface area contributed by atoms with Gasteiger partial charge in [0.1, 0.15) is 0 Å². The van der Waals surface area contributed by atoms with Gasteiger partial charge in [0.25, 0.3) is 0 Å². The summed E-state index contributed by atoms with van der Waals surface area (Å²) >= 11 is 0. The molecule has 18 heavy (non-hydrogen) atoms. The van der Waals surface area contributed by atoms with Gasteiger partial charge in [-0.15, -0.1) is 0 Å². The summed E-state index contributed by atoms with van der Waals surface area (Å²) in [6.45, 7) is 5.63. The molecule has 1 heterocycles. The van der Waals surface area contributed by atoms with E-state index in [0.29, 0.717) is 25.5 Å². The van der Waals surface area contributed by atoms with E-state index >= 15 is 0 Å². The van der Waals surface area contributed by atoms with Crippen LogP contribution in [0.15, 0.2) is 18.2 Å². The minimum atomic E-state index is -0.611. The van der Waals surface area contributed by atoms with Gasteiger partial charge in [-0.2, -0.15) is 0 Å². The third-order valence-corrected chi connectivity index (χ3v) is 3.35. The fourth-order valence-electron chi connectivity index (χ4n) is 1.91. The second-order valence-corrected chi connectivity index (χ2v) is 5.35. The molecule has 0 amide bonds. The normalized spacial score (nSPS) is 17.1. The minimum Gasteiger partial charge on any atom is -0.490 e. The van der Waals surface area contributed by atoms with Gasteiger partial charge in [0.05, 0.1) is 19.3 Å². The lowest BCUT2D eigenvalue weighted by atomic mass is 9.83. The molecule has 1 aromatic carbocycles. The van der Waals surface area contributed by atoms with Crippen LogP contribution in [-0.4, -0.2) is 24.9 Å². The Morgan fingerprint density at radius 2 is 1.94 bits per heavy atom. The number of hydrogen-bond donors (Lipinski definition) is 2. The number of nitrogens with two attached hydrogens (primary N) is 1. The summed E-state index contributed by atoms with van der Waals surface area (Å²) < 4.78 is 11.2. The molecule has 0 radical (unpaired) electrons. The van der Waals surface area contributed by atoms with Crippen molar-refractivity contribution in [3.63, 3.8) is 0 Å². The number of hydrogen-bond acceptors (Lipinski definition) is 4. The first-order valence-electron chi connectivity index (χ1n) is 6.32. The van der Waals surface area contributed by atoms with Gasteiger partial charge in [-0.05, 0) is 17.7 Å². The largest absolute Gasteiger partial charge is 0.490 e. The van der Waals surface area contributed by atoms with Crippen molar-refractivity contribution in [1.82, 2.24) is 0 Å². The van der Waals surface area contributed by atoms with Gasteiger partial charge in [0, 0.05) is 18.4 Å². The van der Waals surface area contributed by atoms with Crippen LogP contribution in [0.4, 0.5) is 0 Å². The summed E-state index contributed by atoms with van der Waals surface area (Å²) in [7, 11) is 0. The maximum atomic E-state index is 10.3. The zero-order valence-corrected chi connectivity index (χ0v) is 11.0. The molecule has 1 aliphatic heterocycles. The van der Waals surface area contributed by atoms with E-state index in [9.17, 15) is 5.11 Å². The van der Waals surface area contributed by atoms with Gasteiger partial charge in [-0.1, -0.05) is 19.9 Å². The first-order valence-corrected chi connectivity index (χ1v) is 6.32. The summed E-state index contributed by atoms with van der Waals surface area (Å²) in [6.07, 6.45) is 0.264.